The van der Waals surface area contributed by atoms with Crippen molar-refractivity contribution in [1.29, 1.82) is 0 Å². The van der Waals surface area contributed by atoms with Crippen LogP contribution >= 0.6 is 0 Å². The average molecular weight is 481 g/mol. The van der Waals surface area contributed by atoms with Gasteiger partial charge in [-0.3, -0.25) is 4.79 Å². The molecule has 2 aromatic rings. The Labute approximate surface area is 207 Å². The van der Waals surface area contributed by atoms with E-state index in [1.807, 2.05) is 24.2 Å². The molecule has 2 aliphatic heterocycles. The van der Waals surface area contributed by atoms with E-state index in [2.05, 4.69) is 14.9 Å². The van der Waals surface area contributed by atoms with E-state index in [0.717, 1.165) is 68.8 Å². The topological polar surface area (TPSA) is 58.6 Å². The zero-order chi connectivity index (χ0) is 24.2. The molecule has 0 spiro atoms. The van der Waals surface area contributed by atoms with Crippen molar-refractivity contribution in [1.82, 2.24) is 14.9 Å². The molecular formula is C28H37FN4O2. The third kappa shape index (κ3) is 6.11. The van der Waals surface area contributed by atoms with E-state index in [1.165, 1.54) is 31.7 Å². The number of nitrogens with zero attached hydrogens (tertiary/aromatic N) is 4. The number of rotatable bonds is 8. The Kier molecular flexibility index (Phi) is 7.49. The molecule has 3 heterocycles. The standard InChI is InChI=1S/C28H37FN4O2/c1-20-18-30-28(31-19-20)33-12-7-21(8-13-33)25-15-22(25)9-14-35-24-6-5-23(26(29)17-24)16-27(34)32-10-3-2-4-11-32/h5-6,17-19,21-22,25H,2-4,7-16H2,1H3/t22-,25-/m1/s1. The molecular weight excluding hydrogens is 443 g/mol. The summed E-state index contributed by atoms with van der Waals surface area (Å²) in [7, 11) is 0. The summed E-state index contributed by atoms with van der Waals surface area (Å²) >= 11 is 0. The first-order chi connectivity index (χ1) is 17.1. The van der Waals surface area contributed by atoms with Gasteiger partial charge in [0.25, 0.3) is 0 Å². The van der Waals surface area contributed by atoms with Crippen molar-refractivity contribution in [2.24, 2.45) is 17.8 Å². The Hall–Kier alpha value is -2.70. The summed E-state index contributed by atoms with van der Waals surface area (Å²) in [6.07, 6.45) is 11.9. The average Bonchev–Trinajstić information content (AvgIpc) is 3.66. The fraction of sp³-hybridized carbons (Fsp3) is 0.607. The molecule has 6 nitrogen and oxygen atoms in total. The fourth-order valence-electron chi connectivity index (χ4n) is 5.76. The molecule has 188 valence electrons. The Morgan fingerprint density at radius 3 is 2.54 bits per heavy atom. The van der Waals surface area contributed by atoms with Crippen LogP contribution < -0.4 is 9.64 Å². The highest BCUT2D eigenvalue weighted by molar-refractivity contribution is 5.79. The second kappa shape index (κ2) is 10.9. The molecule has 0 radical (unpaired) electrons. The van der Waals surface area contributed by atoms with Gasteiger partial charge in [-0.2, -0.15) is 0 Å². The molecule has 3 fully saturated rings. The molecule has 0 bridgehead atoms. The van der Waals surface area contributed by atoms with E-state index in [9.17, 15) is 9.18 Å². The molecule has 1 aromatic carbocycles. The van der Waals surface area contributed by atoms with Gasteiger partial charge >= 0.3 is 0 Å². The normalized spacial score (nSPS) is 22.8. The monoisotopic (exact) mass is 480 g/mol. The maximum atomic E-state index is 14.6. The van der Waals surface area contributed by atoms with Gasteiger partial charge in [0.05, 0.1) is 13.0 Å². The van der Waals surface area contributed by atoms with Crippen LogP contribution in [0.3, 0.4) is 0 Å². The number of aromatic nitrogens is 2. The minimum Gasteiger partial charge on any atom is -0.493 e. The Morgan fingerprint density at radius 2 is 1.83 bits per heavy atom. The van der Waals surface area contributed by atoms with Crippen LogP contribution in [0.1, 0.15) is 56.1 Å². The zero-order valence-corrected chi connectivity index (χ0v) is 20.8. The highest BCUT2D eigenvalue weighted by Crippen LogP contribution is 2.49. The van der Waals surface area contributed by atoms with Crippen LogP contribution in [0.4, 0.5) is 10.3 Å². The third-order valence-corrected chi connectivity index (χ3v) is 8.00. The number of likely N-dealkylation sites (tertiary alicyclic amines) is 1. The van der Waals surface area contributed by atoms with Gasteiger partial charge in [0.2, 0.25) is 11.9 Å². The minimum absolute atomic E-state index is 0.0225. The maximum absolute atomic E-state index is 14.6. The van der Waals surface area contributed by atoms with Crippen LogP contribution in [0.15, 0.2) is 30.6 Å². The van der Waals surface area contributed by atoms with Gasteiger partial charge in [-0.25, -0.2) is 14.4 Å². The highest BCUT2D eigenvalue weighted by Gasteiger charge is 2.43. The Balaban J connectivity index is 1.02. The van der Waals surface area contributed by atoms with E-state index in [1.54, 1.807) is 12.1 Å². The summed E-state index contributed by atoms with van der Waals surface area (Å²) in [4.78, 5) is 25.5. The third-order valence-electron chi connectivity index (χ3n) is 8.00. The smallest absolute Gasteiger partial charge is 0.227 e. The lowest BCUT2D eigenvalue weighted by atomic mass is 9.90. The first-order valence-corrected chi connectivity index (χ1v) is 13.3. The molecule has 1 aromatic heterocycles. The number of hydrogen-bond donors (Lipinski definition) is 0. The number of carbonyl (C=O) groups is 1. The fourth-order valence-corrected chi connectivity index (χ4v) is 5.76. The summed E-state index contributed by atoms with van der Waals surface area (Å²) in [5.41, 5.74) is 1.55. The first-order valence-electron chi connectivity index (χ1n) is 13.3. The molecule has 5 rings (SSSR count). The van der Waals surface area contributed by atoms with Gasteiger partial charge < -0.3 is 14.5 Å². The Bertz CT molecular complexity index is 1000. The van der Waals surface area contributed by atoms with Gasteiger partial charge in [0.1, 0.15) is 11.6 Å². The van der Waals surface area contributed by atoms with Crippen LogP contribution in [-0.4, -0.2) is 53.6 Å². The van der Waals surface area contributed by atoms with Crippen LogP contribution in [0.25, 0.3) is 0 Å². The number of carbonyl (C=O) groups excluding carboxylic acids is 1. The predicted molar refractivity (Wildman–Crippen MR) is 134 cm³/mol. The molecule has 7 heteroatoms. The highest BCUT2D eigenvalue weighted by atomic mass is 19.1. The quantitative estimate of drug-likeness (QED) is 0.543. The van der Waals surface area contributed by atoms with Crippen molar-refractivity contribution in [3.8, 4) is 5.75 Å². The number of benzene rings is 1. The molecule has 1 saturated carbocycles. The van der Waals surface area contributed by atoms with Crippen LogP contribution in [-0.2, 0) is 11.2 Å². The number of halogens is 1. The maximum Gasteiger partial charge on any atom is 0.227 e. The molecule has 2 atom stereocenters. The number of aryl methyl sites for hydroxylation is 1. The molecule has 3 aliphatic rings. The SMILES string of the molecule is Cc1cnc(N2CCC([C@H]3C[C@H]3CCOc3ccc(CC(=O)N4CCCCC4)c(F)c3)CC2)nc1. The number of hydrogen-bond acceptors (Lipinski definition) is 5. The molecule has 0 N–H and O–H groups in total. The van der Waals surface area contributed by atoms with E-state index in [-0.39, 0.29) is 18.1 Å². The summed E-state index contributed by atoms with van der Waals surface area (Å²) in [6, 6.07) is 4.94. The van der Waals surface area contributed by atoms with Crippen molar-refractivity contribution in [3.05, 3.63) is 47.5 Å². The molecule has 1 aliphatic carbocycles. The van der Waals surface area contributed by atoms with Crippen LogP contribution in [0, 0.1) is 30.5 Å². The summed E-state index contributed by atoms with van der Waals surface area (Å²) in [6.45, 7) is 6.27. The summed E-state index contributed by atoms with van der Waals surface area (Å²) in [5, 5.41) is 0. The van der Waals surface area contributed by atoms with Crippen molar-refractivity contribution < 1.29 is 13.9 Å². The number of ether oxygens (including phenoxy) is 1. The zero-order valence-electron chi connectivity index (χ0n) is 20.8. The van der Waals surface area contributed by atoms with Gasteiger partial charge in [0.15, 0.2) is 0 Å². The molecule has 1 amide bonds. The first kappa shape index (κ1) is 24.0. The molecule has 35 heavy (non-hydrogen) atoms. The largest absolute Gasteiger partial charge is 0.493 e. The minimum atomic E-state index is -0.346. The summed E-state index contributed by atoms with van der Waals surface area (Å²) < 4.78 is 20.5. The van der Waals surface area contributed by atoms with Gasteiger partial charge in [-0.1, -0.05) is 6.07 Å². The lowest BCUT2D eigenvalue weighted by Crippen LogP contribution is -2.36. The van der Waals surface area contributed by atoms with E-state index < -0.39 is 0 Å². The predicted octanol–water partition coefficient (Wildman–Crippen LogP) is 4.80. The van der Waals surface area contributed by atoms with Crippen LogP contribution in [0.5, 0.6) is 5.75 Å². The van der Waals surface area contributed by atoms with E-state index in [4.69, 9.17) is 4.74 Å². The lowest BCUT2D eigenvalue weighted by molar-refractivity contribution is -0.131. The van der Waals surface area contributed by atoms with Crippen molar-refractivity contribution >= 4 is 11.9 Å². The van der Waals surface area contributed by atoms with Crippen molar-refractivity contribution in [2.45, 2.75) is 58.3 Å². The van der Waals surface area contributed by atoms with Crippen molar-refractivity contribution in [3.63, 3.8) is 0 Å². The Morgan fingerprint density at radius 1 is 1.09 bits per heavy atom. The van der Waals surface area contributed by atoms with Crippen molar-refractivity contribution in [2.75, 3.05) is 37.7 Å². The van der Waals surface area contributed by atoms with E-state index in [0.29, 0.717) is 23.8 Å². The van der Waals surface area contributed by atoms with Gasteiger partial charge in [-0.15, -0.1) is 0 Å². The van der Waals surface area contributed by atoms with Gasteiger partial charge in [0, 0.05) is 44.6 Å². The molecule has 0 unspecified atom stereocenters. The van der Waals surface area contributed by atoms with Gasteiger partial charge in [-0.05, 0) is 86.8 Å². The second-order valence-corrected chi connectivity index (χ2v) is 10.6. The number of anilines is 1. The summed E-state index contributed by atoms with van der Waals surface area (Å²) in [5.74, 6) is 3.36. The van der Waals surface area contributed by atoms with E-state index >= 15 is 0 Å². The second-order valence-electron chi connectivity index (χ2n) is 10.6. The van der Waals surface area contributed by atoms with Crippen LogP contribution in [0.2, 0.25) is 0 Å². The molecule has 2 saturated heterocycles. The lowest BCUT2D eigenvalue weighted by Gasteiger charge is -2.32. The number of amides is 1. The number of piperidine rings is 2.